The van der Waals surface area contributed by atoms with Gasteiger partial charge in [0.1, 0.15) is 11.4 Å². The van der Waals surface area contributed by atoms with Crippen LogP contribution in [-0.2, 0) is 6.42 Å². The molecule has 0 spiro atoms. The number of hydrogen-bond donors (Lipinski definition) is 0. The third kappa shape index (κ3) is 3.47. The normalized spacial score (nSPS) is 17.4. The summed E-state index contributed by atoms with van der Waals surface area (Å²) in [5.41, 5.74) is 2.41. The van der Waals surface area contributed by atoms with E-state index in [1.165, 1.54) is 0 Å². The Kier molecular flexibility index (Phi) is 5.00. The number of piperazine rings is 1. The minimum absolute atomic E-state index is 0.0555. The van der Waals surface area contributed by atoms with Crippen molar-refractivity contribution in [2.75, 3.05) is 57.8 Å². The average Bonchev–Trinajstić information content (AvgIpc) is 3.22. The van der Waals surface area contributed by atoms with Crippen molar-refractivity contribution in [2.24, 2.45) is 0 Å². The number of rotatable bonds is 5. The Bertz CT molecular complexity index is 1060. The lowest BCUT2D eigenvalue weighted by Crippen LogP contribution is -2.50. The number of anilines is 1. The van der Waals surface area contributed by atoms with Gasteiger partial charge in [0.15, 0.2) is 11.4 Å². The number of aromatic nitrogens is 2. The van der Waals surface area contributed by atoms with Crippen LogP contribution in [0.5, 0.6) is 5.75 Å². The van der Waals surface area contributed by atoms with Gasteiger partial charge in [0, 0.05) is 58.1 Å². The highest BCUT2D eigenvalue weighted by atomic mass is 16.5. The molecule has 2 aliphatic rings. The van der Waals surface area contributed by atoms with E-state index in [0.717, 1.165) is 80.3 Å². The summed E-state index contributed by atoms with van der Waals surface area (Å²) in [5, 5.41) is 5.30. The van der Waals surface area contributed by atoms with E-state index in [1.54, 1.807) is 13.3 Å². The number of benzene rings is 1. The van der Waals surface area contributed by atoms with Crippen LogP contribution in [0.4, 0.5) is 5.82 Å². The quantitative estimate of drug-likeness (QED) is 0.641. The molecule has 1 amide bonds. The molecule has 5 rings (SSSR count). The number of methoxy groups -OCH3 is 1. The molecule has 30 heavy (non-hydrogen) atoms. The number of amides is 1. The fourth-order valence-corrected chi connectivity index (χ4v) is 4.26. The number of hydrogen-bond acceptors (Lipinski definition) is 7. The van der Waals surface area contributed by atoms with Crippen LogP contribution in [0.2, 0.25) is 0 Å². The summed E-state index contributed by atoms with van der Waals surface area (Å²) in [6, 6.07) is 9.70. The third-order valence-corrected chi connectivity index (χ3v) is 6.05. The van der Waals surface area contributed by atoms with Crippen molar-refractivity contribution in [3.05, 3.63) is 47.8 Å². The summed E-state index contributed by atoms with van der Waals surface area (Å²) in [4.78, 5) is 23.6. The maximum absolute atomic E-state index is 12.7. The summed E-state index contributed by atoms with van der Waals surface area (Å²) in [6.07, 6.45) is 2.58. The van der Waals surface area contributed by atoms with Gasteiger partial charge in [-0.15, -0.1) is 0 Å². The molecule has 0 aliphatic carbocycles. The van der Waals surface area contributed by atoms with Crippen LogP contribution in [0.3, 0.4) is 0 Å². The molecule has 0 N–H and O–H groups in total. The van der Waals surface area contributed by atoms with Gasteiger partial charge in [0.25, 0.3) is 5.91 Å². The highest BCUT2D eigenvalue weighted by molar-refractivity contribution is 5.94. The van der Waals surface area contributed by atoms with Gasteiger partial charge in [0.2, 0.25) is 0 Å². The lowest BCUT2D eigenvalue weighted by Gasteiger charge is -2.36. The van der Waals surface area contributed by atoms with Crippen molar-refractivity contribution in [3.8, 4) is 5.75 Å². The summed E-state index contributed by atoms with van der Waals surface area (Å²) < 4.78 is 10.8. The zero-order chi connectivity index (χ0) is 20.5. The van der Waals surface area contributed by atoms with Crippen molar-refractivity contribution in [1.82, 2.24) is 19.9 Å². The van der Waals surface area contributed by atoms with Gasteiger partial charge in [-0.2, -0.15) is 0 Å². The molecule has 0 radical (unpaired) electrons. The van der Waals surface area contributed by atoms with Crippen LogP contribution in [0, 0.1) is 0 Å². The summed E-state index contributed by atoms with van der Waals surface area (Å²) >= 11 is 0. The Morgan fingerprint density at radius 1 is 1.10 bits per heavy atom. The molecule has 1 fully saturated rings. The molecule has 0 unspecified atom stereocenters. The first-order chi connectivity index (χ1) is 14.7. The van der Waals surface area contributed by atoms with Crippen LogP contribution in [0.15, 0.2) is 41.1 Å². The van der Waals surface area contributed by atoms with Crippen LogP contribution >= 0.6 is 0 Å². The van der Waals surface area contributed by atoms with Gasteiger partial charge < -0.3 is 19.1 Å². The second kappa shape index (κ2) is 7.95. The van der Waals surface area contributed by atoms with E-state index in [9.17, 15) is 4.79 Å². The van der Waals surface area contributed by atoms with Crippen molar-refractivity contribution >= 4 is 22.7 Å². The summed E-state index contributed by atoms with van der Waals surface area (Å²) in [6.45, 7) is 6.01. The van der Waals surface area contributed by atoms with Gasteiger partial charge in [-0.25, -0.2) is 0 Å². The molecule has 2 aliphatic heterocycles. The molecule has 8 heteroatoms. The van der Waals surface area contributed by atoms with Crippen LogP contribution in [0.1, 0.15) is 16.1 Å². The molecule has 0 atom stereocenters. The number of ether oxygens (including phenoxy) is 1. The minimum atomic E-state index is 0.0555. The highest BCUT2D eigenvalue weighted by Gasteiger charge is 2.27. The number of fused-ring (bicyclic) bond motifs is 2. The summed E-state index contributed by atoms with van der Waals surface area (Å²) in [5.74, 6) is 1.71. The first-order valence-electron chi connectivity index (χ1n) is 10.4. The molecule has 1 aromatic carbocycles. The van der Waals surface area contributed by atoms with Gasteiger partial charge >= 0.3 is 0 Å². The van der Waals surface area contributed by atoms with Crippen LogP contribution < -0.4 is 9.64 Å². The Morgan fingerprint density at radius 3 is 2.80 bits per heavy atom. The zero-order valence-electron chi connectivity index (χ0n) is 17.1. The Labute approximate surface area is 175 Å². The van der Waals surface area contributed by atoms with Crippen molar-refractivity contribution in [3.63, 3.8) is 0 Å². The smallest absolute Gasteiger partial charge is 0.272 e. The van der Waals surface area contributed by atoms with Crippen molar-refractivity contribution in [2.45, 2.75) is 6.42 Å². The fourth-order valence-electron chi connectivity index (χ4n) is 4.26. The summed E-state index contributed by atoms with van der Waals surface area (Å²) in [7, 11) is 1.64. The maximum atomic E-state index is 12.7. The van der Waals surface area contributed by atoms with Gasteiger partial charge in [0.05, 0.1) is 12.5 Å². The number of carbonyl (C=O) groups is 1. The van der Waals surface area contributed by atoms with Crippen LogP contribution in [-0.4, -0.2) is 78.8 Å². The maximum Gasteiger partial charge on any atom is 0.272 e. The lowest BCUT2D eigenvalue weighted by atomic mass is 10.0. The topological polar surface area (TPSA) is 74.9 Å². The predicted molar refractivity (Wildman–Crippen MR) is 113 cm³/mol. The largest absolute Gasteiger partial charge is 0.497 e. The molecule has 8 nitrogen and oxygen atoms in total. The Morgan fingerprint density at radius 2 is 1.97 bits per heavy atom. The van der Waals surface area contributed by atoms with E-state index in [-0.39, 0.29) is 5.91 Å². The molecule has 0 bridgehead atoms. The minimum Gasteiger partial charge on any atom is -0.497 e. The molecular formula is C22H25N5O3. The fraction of sp³-hybridized carbons (Fsp3) is 0.409. The second-order valence-corrected chi connectivity index (χ2v) is 7.75. The SMILES string of the molecule is COc1ccc2c(N3CCN(CCN4CCc5cccnc5C4=O)CC3)noc2c1. The molecule has 3 aromatic rings. The average molecular weight is 407 g/mol. The second-order valence-electron chi connectivity index (χ2n) is 7.75. The van der Waals surface area contributed by atoms with Gasteiger partial charge in [-0.3, -0.25) is 14.7 Å². The third-order valence-electron chi connectivity index (χ3n) is 6.05. The molecule has 4 heterocycles. The van der Waals surface area contributed by atoms with Crippen molar-refractivity contribution in [1.29, 1.82) is 0 Å². The van der Waals surface area contributed by atoms with Crippen molar-refractivity contribution < 1.29 is 14.1 Å². The van der Waals surface area contributed by atoms with E-state index in [1.807, 2.05) is 35.2 Å². The molecule has 0 saturated carbocycles. The van der Waals surface area contributed by atoms with Gasteiger partial charge in [-0.05, 0) is 30.2 Å². The Hall–Kier alpha value is -3.13. The number of nitrogens with zero attached hydrogens (tertiary/aromatic N) is 5. The van der Waals surface area contributed by atoms with E-state index >= 15 is 0 Å². The standard InChI is InChI=1S/C22H25N5O3/c1-29-17-4-5-18-19(15-17)30-24-21(18)26-12-9-25(10-13-26)11-14-27-8-6-16-3-2-7-23-20(16)22(27)28/h2-5,7,15H,6,8-14H2,1H3. The van der Waals surface area contributed by atoms with Crippen LogP contribution in [0.25, 0.3) is 11.0 Å². The van der Waals surface area contributed by atoms with E-state index in [4.69, 9.17) is 9.26 Å². The monoisotopic (exact) mass is 407 g/mol. The first kappa shape index (κ1) is 18.9. The van der Waals surface area contributed by atoms with E-state index in [2.05, 4.69) is 19.9 Å². The molecule has 2 aromatic heterocycles. The Balaban J connectivity index is 1.17. The lowest BCUT2D eigenvalue weighted by molar-refractivity contribution is 0.0710. The van der Waals surface area contributed by atoms with E-state index < -0.39 is 0 Å². The zero-order valence-corrected chi connectivity index (χ0v) is 17.1. The van der Waals surface area contributed by atoms with Gasteiger partial charge in [-0.1, -0.05) is 11.2 Å². The number of pyridine rings is 1. The molecule has 156 valence electrons. The molecule has 1 saturated heterocycles. The number of carbonyl (C=O) groups excluding carboxylic acids is 1. The highest BCUT2D eigenvalue weighted by Crippen LogP contribution is 2.29. The molecular weight excluding hydrogens is 382 g/mol. The van der Waals surface area contributed by atoms with E-state index in [0.29, 0.717) is 5.69 Å². The predicted octanol–water partition coefficient (Wildman–Crippen LogP) is 2.05. The first-order valence-corrected chi connectivity index (χ1v) is 10.4.